The number of sulfone groups is 1. The van der Waals surface area contributed by atoms with Gasteiger partial charge in [0, 0.05) is 53.1 Å². The second-order valence-corrected chi connectivity index (χ2v) is 13.8. The van der Waals surface area contributed by atoms with Crippen LogP contribution >= 0.6 is 11.6 Å². The van der Waals surface area contributed by atoms with Crippen molar-refractivity contribution in [1.29, 1.82) is 0 Å². The van der Waals surface area contributed by atoms with Crippen LogP contribution in [-0.4, -0.2) is 41.9 Å². The molecule has 1 N–H and O–H groups in total. The molecular weight excluding hydrogens is 591 g/mol. The van der Waals surface area contributed by atoms with Crippen LogP contribution in [0.3, 0.4) is 0 Å². The van der Waals surface area contributed by atoms with E-state index in [9.17, 15) is 27.0 Å². The summed E-state index contributed by atoms with van der Waals surface area (Å²) in [5.41, 5.74) is 1.54. The molecule has 0 aliphatic rings. The Morgan fingerprint density at radius 3 is 2.51 bits per heavy atom. The molecular formula is C29H34ClFN2O6S2. The van der Waals surface area contributed by atoms with Gasteiger partial charge >= 0.3 is 0 Å². The van der Waals surface area contributed by atoms with E-state index in [4.69, 9.17) is 16.3 Å². The Morgan fingerprint density at radius 2 is 1.88 bits per heavy atom. The van der Waals surface area contributed by atoms with Crippen molar-refractivity contribution in [3.8, 4) is 16.9 Å². The van der Waals surface area contributed by atoms with Gasteiger partial charge in [-0.3, -0.25) is 9.59 Å². The van der Waals surface area contributed by atoms with E-state index in [-0.39, 0.29) is 39.0 Å². The number of rotatable bonds is 13. The minimum absolute atomic E-state index is 0.0155. The lowest BCUT2D eigenvalue weighted by atomic mass is 9.89. The standard InChI is InChI=1S/C29H34ClFN2O6S2/c1-6-8-11-40(36)32-18(3)21-14-28(34)33(4)16-24(21)22-12-19(17-41(37,38)7-2)9-10-20(22)29(35)23-13-27(39-5)26(31)15-25(23)30/h9-10,12-16,18,32H,6-8,11,17H2,1-5H3/t18-,40-/m0/s1. The van der Waals surface area contributed by atoms with Crippen molar-refractivity contribution in [1.82, 2.24) is 9.29 Å². The maximum absolute atomic E-state index is 14.2. The van der Waals surface area contributed by atoms with Gasteiger partial charge in [0.2, 0.25) is 0 Å². The number of carbonyl (C=O) groups excluding carboxylic acids is 1. The summed E-state index contributed by atoms with van der Waals surface area (Å²) in [5, 5.41) is -0.126. The highest BCUT2D eigenvalue weighted by atomic mass is 35.5. The zero-order valence-electron chi connectivity index (χ0n) is 23.6. The largest absolute Gasteiger partial charge is 0.598 e. The average molecular weight is 625 g/mol. The molecule has 222 valence electrons. The van der Waals surface area contributed by atoms with E-state index < -0.39 is 38.8 Å². The third-order valence-corrected chi connectivity index (χ3v) is 9.89. The molecule has 3 aromatic rings. The van der Waals surface area contributed by atoms with Crippen LogP contribution in [-0.2, 0) is 34.0 Å². The Bertz CT molecular complexity index is 1590. The Balaban J connectivity index is 2.27. The van der Waals surface area contributed by atoms with Crippen LogP contribution in [0.4, 0.5) is 4.39 Å². The molecule has 1 heterocycles. The number of halogens is 2. The minimum atomic E-state index is -3.42. The van der Waals surface area contributed by atoms with Crippen LogP contribution in [0.15, 0.2) is 47.4 Å². The quantitative estimate of drug-likeness (QED) is 0.207. The van der Waals surface area contributed by atoms with E-state index in [1.165, 1.54) is 29.9 Å². The van der Waals surface area contributed by atoms with E-state index >= 15 is 0 Å². The fraction of sp³-hybridized carbons (Fsp3) is 0.379. The van der Waals surface area contributed by atoms with Crippen LogP contribution in [0.1, 0.15) is 66.7 Å². The molecule has 0 amide bonds. The summed E-state index contributed by atoms with van der Waals surface area (Å²) in [4.78, 5) is 26.6. The number of aryl methyl sites for hydroxylation is 1. The summed E-state index contributed by atoms with van der Waals surface area (Å²) in [5.74, 6) is -1.35. The minimum Gasteiger partial charge on any atom is -0.598 e. The molecule has 2 aromatic carbocycles. The van der Waals surface area contributed by atoms with Gasteiger partial charge in [-0.25, -0.2) is 12.8 Å². The first kappa shape index (κ1) is 32.8. The van der Waals surface area contributed by atoms with Crippen molar-refractivity contribution >= 4 is 38.6 Å². The van der Waals surface area contributed by atoms with E-state index in [2.05, 4.69) is 4.72 Å². The molecule has 12 heteroatoms. The number of pyridine rings is 1. The van der Waals surface area contributed by atoms with Crippen molar-refractivity contribution in [3.05, 3.63) is 86.0 Å². The van der Waals surface area contributed by atoms with Crippen LogP contribution < -0.4 is 15.0 Å². The van der Waals surface area contributed by atoms with Crippen molar-refractivity contribution in [2.75, 3.05) is 18.6 Å². The average Bonchev–Trinajstić information content (AvgIpc) is 2.92. The number of nitrogens with zero attached hydrogens (tertiary/aromatic N) is 1. The number of hydrogen-bond donors (Lipinski definition) is 1. The number of nitrogens with one attached hydrogen (secondary N) is 1. The van der Waals surface area contributed by atoms with Crippen LogP contribution in [0.25, 0.3) is 11.1 Å². The summed E-state index contributed by atoms with van der Waals surface area (Å²) in [7, 11) is -0.590. The highest BCUT2D eigenvalue weighted by molar-refractivity contribution is 7.90. The van der Waals surface area contributed by atoms with Gasteiger partial charge in [-0.15, -0.1) is 4.72 Å². The Labute approximate surface area is 248 Å². The molecule has 8 nitrogen and oxygen atoms in total. The fourth-order valence-electron chi connectivity index (χ4n) is 4.29. The van der Waals surface area contributed by atoms with Gasteiger partial charge in [-0.1, -0.05) is 44.0 Å². The van der Waals surface area contributed by atoms with Gasteiger partial charge in [-0.2, -0.15) is 0 Å². The number of methoxy groups -OCH3 is 1. The lowest BCUT2D eigenvalue weighted by molar-refractivity contribution is 0.103. The molecule has 0 bridgehead atoms. The van der Waals surface area contributed by atoms with Crippen LogP contribution in [0.5, 0.6) is 5.75 Å². The summed E-state index contributed by atoms with van der Waals surface area (Å²) >= 11 is 4.91. The van der Waals surface area contributed by atoms with Crippen molar-refractivity contribution in [3.63, 3.8) is 0 Å². The first-order chi connectivity index (χ1) is 19.3. The third kappa shape index (κ3) is 7.98. The van der Waals surface area contributed by atoms with Gasteiger partial charge in [0.1, 0.15) is 5.75 Å². The molecule has 0 fully saturated rings. The number of aromatic nitrogens is 1. The smallest absolute Gasteiger partial charge is 0.250 e. The van der Waals surface area contributed by atoms with Crippen molar-refractivity contribution < 1.29 is 26.9 Å². The number of hydrogen-bond acceptors (Lipinski definition) is 7. The SMILES string of the molecule is CCCC[S@+]([O-])N[C@@H](C)c1cc(=O)n(C)cc1-c1cc(CS(=O)(=O)CC)ccc1C(=O)c1cc(OC)c(F)cc1Cl. The van der Waals surface area contributed by atoms with E-state index in [0.717, 1.165) is 18.9 Å². The van der Waals surface area contributed by atoms with Gasteiger partial charge in [0.25, 0.3) is 5.56 Å². The van der Waals surface area contributed by atoms with Crippen LogP contribution in [0, 0.1) is 5.82 Å². The predicted octanol–water partition coefficient (Wildman–Crippen LogP) is 5.13. The zero-order valence-corrected chi connectivity index (χ0v) is 26.0. The summed E-state index contributed by atoms with van der Waals surface area (Å²) in [6.07, 6.45) is 3.18. The number of carbonyl (C=O) groups is 1. The lowest BCUT2D eigenvalue weighted by Crippen LogP contribution is -2.30. The number of unbranched alkanes of at least 4 members (excludes halogenated alkanes) is 1. The Kier molecular flexibility index (Phi) is 11.2. The normalized spacial score (nSPS) is 13.2. The van der Waals surface area contributed by atoms with Crippen molar-refractivity contribution in [2.45, 2.75) is 45.4 Å². The van der Waals surface area contributed by atoms with Gasteiger partial charge in [0.05, 0.1) is 23.9 Å². The monoisotopic (exact) mass is 624 g/mol. The maximum atomic E-state index is 14.2. The zero-order chi connectivity index (χ0) is 30.5. The lowest BCUT2D eigenvalue weighted by Gasteiger charge is -2.22. The fourth-order valence-corrected chi connectivity index (χ4v) is 6.60. The summed E-state index contributed by atoms with van der Waals surface area (Å²) in [6.45, 7) is 5.30. The first-order valence-electron chi connectivity index (χ1n) is 13.1. The topological polar surface area (TPSA) is 118 Å². The van der Waals surface area contributed by atoms with Gasteiger partial charge in [-0.05, 0) is 48.2 Å². The van der Waals surface area contributed by atoms with Gasteiger partial charge in [0.15, 0.2) is 27.2 Å². The van der Waals surface area contributed by atoms with Gasteiger partial charge < -0.3 is 13.9 Å². The third-order valence-electron chi connectivity index (χ3n) is 6.65. The van der Waals surface area contributed by atoms with E-state index in [0.29, 0.717) is 28.0 Å². The molecule has 0 radical (unpaired) electrons. The predicted molar refractivity (Wildman–Crippen MR) is 161 cm³/mol. The van der Waals surface area contributed by atoms with E-state index in [1.807, 2.05) is 6.92 Å². The Hall–Kier alpha value is -2.70. The van der Waals surface area contributed by atoms with E-state index in [1.54, 1.807) is 39.2 Å². The molecule has 0 saturated carbocycles. The second kappa shape index (κ2) is 14.0. The Morgan fingerprint density at radius 1 is 1.17 bits per heavy atom. The molecule has 0 aliphatic carbocycles. The summed E-state index contributed by atoms with van der Waals surface area (Å²) in [6, 6.07) is 7.68. The van der Waals surface area contributed by atoms with Crippen LogP contribution in [0.2, 0.25) is 5.02 Å². The first-order valence-corrected chi connectivity index (χ1v) is 16.6. The highest BCUT2D eigenvalue weighted by Gasteiger charge is 2.25. The molecule has 0 aliphatic heterocycles. The number of benzene rings is 2. The molecule has 3 rings (SSSR count). The molecule has 0 spiro atoms. The maximum Gasteiger partial charge on any atom is 0.250 e. The molecule has 0 unspecified atom stereocenters. The molecule has 41 heavy (non-hydrogen) atoms. The molecule has 1 aromatic heterocycles. The summed E-state index contributed by atoms with van der Waals surface area (Å²) < 4.78 is 61.2. The highest BCUT2D eigenvalue weighted by Crippen LogP contribution is 2.35. The second-order valence-electron chi connectivity index (χ2n) is 9.69. The van der Waals surface area contributed by atoms with Crippen molar-refractivity contribution in [2.24, 2.45) is 7.05 Å². The molecule has 0 saturated heterocycles. The number of ketones is 1. The number of ether oxygens (including phenoxy) is 1. The molecule has 2 atom stereocenters.